The van der Waals surface area contributed by atoms with Crippen molar-refractivity contribution in [2.75, 3.05) is 18.6 Å². The molecule has 0 fully saturated rings. The standard InChI is InChI=1S/C15H17N5O4S/c1-3-24-15(21)11-7-16-14-12(11)13(17-9-18-14)10-6-19-20(8-10)4-5-25(2,22)23/h6-9H,3-5H2,1-2H3,(H,16,17,18). The maximum absolute atomic E-state index is 12.1. The van der Waals surface area contributed by atoms with E-state index in [0.717, 1.165) is 0 Å². The predicted octanol–water partition coefficient (Wildman–Crippen LogP) is 1.04. The monoisotopic (exact) mass is 363 g/mol. The Morgan fingerprint density at radius 2 is 2.16 bits per heavy atom. The third-order valence-electron chi connectivity index (χ3n) is 3.56. The second-order valence-electron chi connectivity index (χ2n) is 5.49. The molecule has 25 heavy (non-hydrogen) atoms. The van der Waals surface area contributed by atoms with Crippen molar-refractivity contribution < 1.29 is 17.9 Å². The quantitative estimate of drug-likeness (QED) is 0.650. The number of hydrogen-bond donors (Lipinski definition) is 1. The third-order valence-corrected chi connectivity index (χ3v) is 4.49. The van der Waals surface area contributed by atoms with Crippen LogP contribution in [0.25, 0.3) is 22.3 Å². The molecule has 0 bridgehead atoms. The van der Waals surface area contributed by atoms with E-state index < -0.39 is 15.8 Å². The van der Waals surface area contributed by atoms with E-state index in [1.54, 1.807) is 19.3 Å². The lowest BCUT2D eigenvalue weighted by Gasteiger charge is -2.03. The number of hydrogen-bond acceptors (Lipinski definition) is 7. The maximum atomic E-state index is 12.1. The Bertz CT molecular complexity index is 1020. The number of carbonyl (C=O) groups excluding carboxylic acids is 1. The van der Waals surface area contributed by atoms with Gasteiger partial charge < -0.3 is 9.72 Å². The van der Waals surface area contributed by atoms with Gasteiger partial charge in [0.05, 0.1) is 41.7 Å². The fourth-order valence-corrected chi connectivity index (χ4v) is 2.94. The number of esters is 1. The minimum absolute atomic E-state index is 0.00840. The first-order valence-corrected chi connectivity index (χ1v) is 9.65. The zero-order chi connectivity index (χ0) is 18.0. The molecule has 3 heterocycles. The average Bonchev–Trinajstić information content (AvgIpc) is 3.19. The predicted molar refractivity (Wildman–Crippen MR) is 90.8 cm³/mol. The molecule has 0 aliphatic rings. The number of nitrogens with one attached hydrogen (secondary N) is 1. The number of aromatic nitrogens is 5. The number of carbonyl (C=O) groups is 1. The number of sulfone groups is 1. The summed E-state index contributed by atoms with van der Waals surface area (Å²) in [6.07, 6.45) is 7.36. The number of nitrogens with zero attached hydrogens (tertiary/aromatic N) is 4. The van der Waals surface area contributed by atoms with Crippen LogP contribution in [-0.4, -0.2) is 57.7 Å². The first-order valence-electron chi connectivity index (χ1n) is 7.59. The van der Waals surface area contributed by atoms with Crippen molar-refractivity contribution in [2.24, 2.45) is 0 Å². The van der Waals surface area contributed by atoms with E-state index in [1.807, 2.05) is 0 Å². The summed E-state index contributed by atoms with van der Waals surface area (Å²) in [5, 5.41) is 4.71. The highest BCUT2D eigenvalue weighted by Crippen LogP contribution is 2.28. The van der Waals surface area contributed by atoms with Crippen LogP contribution in [0.5, 0.6) is 0 Å². The van der Waals surface area contributed by atoms with Gasteiger partial charge in [0.1, 0.15) is 21.8 Å². The molecule has 0 aliphatic carbocycles. The summed E-state index contributed by atoms with van der Waals surface area (Å²) in [7, 11) is -3.08. The second kappa shape index (κ2) is 6.63. The second-order valence-corrected chi connectivity index (χ2v) is 7.75. The van der Waals surface area contributed by atoms with Crippen LogP contribution in [0.2, 0.25) is 0 Å². The number of aryl methyl sites for hydroxylation is 1. The Labute approximate surface area is 144 Å². The van der Waals surface area contributed by atoms with E-state index in [9.17, 15) is 13.2 Å². The largest absolute Gasteiger partial charge is 0.462 e. The van der Waals surface area contributed by atoms with Crippen LogP contribution in [0.1, 0.15) is 17.3 Å². The molecule has 0 aromatic carbocycles. The molecule has 0 atom stereocenters. The number of H-pyrrole nitrogens is 1. The summed E-state index contributed by atoms with van der Waals surface area (Å²) in [5.41, 5.74) is 2.04. The fraction of sp³-hybridized carbons (Fsp3) is 0.333. The van der Waals surface area contributed by atoms with Gasteiger partial charge in [0.2, 0.25) is 0 Å². The highest BCUT2D eigenvalue weighted by atomic mass is 32.2. The van der Waals surface area contributed by atoms with Crippen LogP contribution < -0.4 is 0 Å². The molecule has 3 rings (SSSR count). The van der Waals surface area contributed by atoms with Gasteiger partial charge in [-0.05, 0) is 6.92 Å². The third kappa shape index (κ3) is 3.68. The van der Waals surface area contributed by atoms with Crippen LogP contribution in [0.4, 0.5) is 0 Å². The minimum atomic E-state index is -3.08. The zero-order valence-corrected chi connectivity index (χ0v) is 14.6. The lowest BCUT2D eigenvalue weighted by atomic mass is 10.1. The zero-order valence-electron chi connectivity index (χ0n) is 13.8. The smallest absolute Gasteiger partial charge is 0.340 e. The summed E-state index contributed by atoms with van der Waals surface area (Å²) in [5.74, 6) is -0.472. The highest BCUT2D eigenvalue weighted by molar-refractivity contribution is 7.90. The Kier molecular flexibility index (Phi) is 4.53. The van der Waals surface area contributed by atoms with Gasteiger partial charge in [-0.15, -0.1) is 0 Å². The molecule has 0 unspecified atom stereocenters. The van der Waals surface area contributed by atoms with Crippen molar-refractivity contribution in [1.82, 2.24) is 24.7 Å². The SMILES string of the molecule is CCOC(=O)c1c[nH]c2ncnc(-c3cnn(CCS(C)(=O)=O)c3)c12. The fourth-order valence-electron chi connectivity index (χ4n) is 2.42. The molecule has 3 aromatic rings. The normalized spacial score (nSPS) is 11.8. The van der Waals surface area contributed by atoms with Gasteiger partial charge in [-0.25, -0.2) is 23.2 Å². The molecular weight excluding hydrogens is 346 g/mol. The number of fused-ring (bicyclic) bond motifs is 1. The van der Waals surface area contributed by atoms with Gasteiger partial charge >= 0.3 is 5.97 Å². The Hall–Kier alpha value is -2.75. The first-order chi connectivity index (χ1) is 11.9. The maximum Gasteiger partial charge on any atom is 0.340 e. The number of aromatic amines is 1. The van der Waals surface area contributed by atoms with Gasteiger partial charge in [-0.1, -0.05) is 0 Å². The summed E-state index contributed by atoms with van der Waals surface area (Å²) in [6, 6.07) is 0. The van der Waals surface area contributed by atoms with Crippen LogP contribution in [0.15, 0.2) is 24.9 Å². The van der Waals surface area contributed by atoms with Crippen molar-refractivity contribution in [3.63, 3.8) is 0 Å². The molecule has 0 aliphatic heterocycles. The van der Waals surface area contributed by atoms with Gasteiger partial charge in [-0.3, -0.25) is 4.68 Å². The molecule has 0 saturated carbocycles. The van der Waals surface area contributed by atoms with Gasteiger partial charge in [0.15, 0.2) is 0 Å². The van der Waals surface area contributed by atoms with Crippen molar-refractivity contribution in [3.8, 4) is 11.3 Å². The Balaban J connectivity index is 2.00. The summed E-state index contributed by atoms with van der Waals surface area (Å²) in [4.78, 5) is 23.5. The van der Waals surface area contributed by atoms with Crippen LogP contribution in [0.3, 0.4) is 0 Å². The van der Waals surface area contributed by atoms with Gasteiger partial charge in [0, 0.05) is 24.2 Å². The Morgan fingerprint density at radius 1 is 1.36 bits per heavy atom. The van der Waals surface area contributed by atoms with Crippen molar-refractivity contribution >= 4 is 26.8 Å². The molecule has 3 aromatic heterocycles. The lowest BCUT2D eigenvalue weighted by molar-refractivity contribution is 0.0528. The van der Waals surface area contributed by atoms with Crippen molar-refractivity contribution in [1.29, 1.82) is 0 Å². The molecule has 1 N–H and O–H groups in total. The van der Waals surface area contributed by atoms with Crippen molar-refractivity contribution in [3.05, 3.63) is 30.5 Å². The molecule has 0 radical (unpaired) electrons. The molecule has 10 heteroatoms. The van der Waals surface area contributed by atoms with E-state index >= 15 is 0 Å². The molecule has 0 amide bonds. The van der Waals surface area contributed by atoms with E-state index in [1.165, 1.54) is 23.5 Å². The van der Waals surface area contributed by atoms with Crippen LogP contribution in [0, 0.1) is 0 Å². The Morgan fingerprint density at radius 3 is 2.88 bits per heavy atom. The van der Waals surface area contributed by atoms with Crippen LogP contribution in [-0.2, 0) is 21.1 Å². The summed E-state index contributed by atoms with van der Waals surface area (Å²) >= 11 is 0. The number of ether oxygens (including phenoxy) is 1. The molecular formula is C15H17N5O4S. The molecule has 0 spiro atoms. The van der Waals surface area contributed by atoms with E-state index in [4.69, 9.17) is 4.74 Å². The molecule has 132 valence electrons. The molecule has 0 saturated heterocycles. The van der Waals surface area contributed by atoms with Crippen LogP contribution >= 0.6 is 0 Å². The topological polar surface area (TPSA) is 120 Å². The first kappa shape index (κ1) is 17.1. The highest BCUT2D eigenvalue weighted by Gasteiger charge is 2.19. The van der Waals surface area contributed by atoms with E-state index in [2.05, 4.69) is 20.1 Å². The molecule has 9 nitrogen and oxygen atoms in total. The number of rotatable bonds is 6. The van der Waals surface area contributed by atoms with Gasteiger partial charge in [0.25, 0.3) is 0 Å². The lowest BCUT2D eigenvalue weighted by Crippen LogP contribution is -2.11. The van der Waals surface area contributed by atoms with Gasteiger partial charge in [-0.2, -0.15) is 5.10 Å². The van der Waals surface area contributed by atoms with E-state index in [-0.39, 0.29) is 18.9 Å². The minimum Gasteiger partial charge on any atom is -0.462 e. The average molecular weight is 363 g/mol. The summed E-state index contributed by atoms with van der Waals surface area (Å²) in [6.45, 7) is 2.23. The van der Waals surface area contributed by atoms with E-state index in [0.29, 0.717) is 27.9 Å². The summed E-state index contributed by atoms with van der Waals surface area (Å²) < 4.78 is 29.2. The van der Waals surface area contributed by atoms with Crippen molar-refractivity contribution in [2.45, 2.75) is 13.5 Å².